The first kappa shape index (κ1) is 21.5. The van der Waals surface area contributed by atoms with Gasteiger partial charge in [-0.25, -0.2) is 13.2 Å². The van der Waals surface area contributed by atoms with Crippen molar-refractivity contribution >= 4 is 39.7 Å². The Morgan fingerprint density at radius 1 is 1.17 bits per heavy atom. The quantitative estimate of drug-likeness (QED) is 0.496. The van der Waals surface area contributed by atoms with E-state index in [2.05, 4.69) is 17.2 Å². The number of benzene rings is 2. The number of nitrogens with zero attached hydrogens (tertiary/aromatic N) is 1. The molecule has 4 rings (SSSR count). The summed E-state index contributed by atoms with van der Waals surface area (Å²) in [7, 11) is 0. The minimum absolute atomic E-state index is 0.0127. The number of hydrogen-bond acceptors (Lipinski definition) is 4. The molecule has 0 aliphatic carbocycles. The number of hydrogen-bond donors (Lipinski definition) is 3. The topological polar surface area (TPSA) is 47.5 Å². The summed E-state index contributed by atoms with van der Waals surface area (Å²) in [6.07, 6.45) is 3.07. The standard InChI is InChI=1S/C22H23F3IN3O/c1-13(29-11-22(30,12-29)19-4-2-3-9-27-19)15-6-7-16(23)20(25)21(15)28-18-8-5-14(26)10-17(18)24/h5-8,10,19,27-28,30H,1-4,9,11-12H2/t19-/m1/s1. The first-order valence-electron chi connectivity index (χ1n) is 9.88. The van der Waals surface area contributed by atoms with Crippen LogP contribution < -0.4 is 10.6 Å². The predicted octanol–water partition coefficient (Wildman–Crippen LogP) is 4.61. The molecule has 0 spiro atoms. The minimum atomic E-state index is -1.10. The van der Waals surface area contributed by atoms with E-state index in [-0.39, 0.29) is 17.4 Å². The van der Waals surface area contributed by atoms with Gasteiger partial charge >= 0.3 is 0 Å². The summed E-state index contributed by atoms with van der Waals surface area (Å²) in [5.74, 6) is -2.70. The minimum Gasteiger partial charge on any atom is -0.385 e. The lowest BCUT2D eigenvalue weighted by atomic mass is 9.81. The largest absolute Gasteiger partial charge is 0.385 e. The first-order chi connectivity index (χ1) is 14.3. The van der Waals surface area contributed by atoms with Crippen molar-refractivity contribution < 1.29 is 18.3 Å². The van der Waals surface area contributed by atoms with Crippen molar-refractivity contribution in [1.29, 1.82) is 0 Å². The maximum absolute atomic E-state index is 14.7. The maximum Gasteiger partial charge on any atom is 0.182 e. The Morgan fingerprint density at radius 2 is 1.93 bits per heavy atom. The Morgan fingerprint density at radius 3 is 2.60 bits per heavy atom. The van der Waals surface area contributed by atoms with Crippen LogP contribution in [0.4, 0.5) is 24.5 Å². The fourth-order valence-corrected chi connectivity index (χ4v) is 4.60. The lowest BCUT2D eigenvalue weighted by Gasteiger charge is -2.53. The molecule has 3 N–H and O–H groups in total. The summed E-state index contributed by atoms with van der Waals surface area (Å²) in [5, 5.41) is 17.0. The molecule has 2 aromatic rings. The highest BCUT2D eigenvalue weighted by molar-refractivity contribution is 14.1. The zero-order valence-corrected chi connectivity index (χ0v) is 18.5. The molecule has 0 saturated carbocycles. The smallest absolute Gasteiger partial charge is 0.182 e. The lowest BCUT2D eigenvalue weighted by Crippen LogP contribution is -2.70. The number of anilines is 2. The third-order valence-corrected chi connectivity index (χ3v) is 6.54. The molecule has 30 heavy (non-hydrogen) atoms. The monoisotopic (exact) mass is 529 g/mol. The Labute approximate surface area is 187 Å². The van der Waals surface area contributed by atoms with Gasteiger partial charge in [-0.15, -0.1) is 0 Å². The number of nitrogens with one attached hydrogen (secondary N) is 2. The van der Waals surface area contributed by atoms with E-state index >= 15 is 0 Å². The number of β-amino-alcohol motifs (C(OH)–C–C–N with tert-alkyl or cyclic N) is 1. The highest BCUT2D eigenvalue weighted by Gasteiger charge is 2.48. The van der Waals surface area contributed by atoms with Crippen molar-refractivity contribution in [3.63, 3.8) is 0 Å². The molecule has 0 aromatic heterocycles. The second-order valence-corrected chi connectivity index (χ2v) is 9.19. The van der Waals surface area contributed by atoms with Crippen LogP contribution >= 0.6 is 22.6 Å². The van der Waals surface area contributed by atoms with E-state index in [1.807, 2.05) is 27.5 Å². The number of aliphatic hydroxyl groups is 1. The molecule has 2 fully saturated rings. The second kappa shape index (κ2) is 8.39. The van der Waals surface area contributed by atoms with Crippen LogP contribution in [0.25, 0.3) is 5.70 Å². The van der Waals surface area contributed by atoms with Gasteiger partial charge in [0.1, 0.15) is 11.4 Å². The highest BCUT2D eigenvalue weighted by Crippen LogP contribution is 2.38. The molecule has 1 atom stereocenters. The normalized spacial score (nSPS) is 20.6. The Bertz CT molecular complexity index is 972. The van der Waals surface area contributed by atoms with E-state index in [1.54, 1.807) is 6.07 Å². The van der Waals surface area contributed by atoms with Crippen LogP contribution in [0.2, 0.25) is 0 Å². The van der Waals surface area contributed by atoms with Crippen molar-refractivity contribution in [3.8, 4) is 0 Å². The summed E-state index contributed by atoms with van der Waals surface area (Å²) < 4.78 is 43.6. The van der Waals surface area contributed by atoms with E-state index in [9.17, 15) is 18.3 Å². The maximum atomic E-state index is 14.7. The molecular formula is C22H23F3IN3O. The van der Waals surface area contributed by atoms with Crippen LogP contribution in [0.3, 0.4) is 0 Å². The lowest BCUT2D eigenvalue weighted by molar-refractivity contribution is -0.101. The van der Waals surface area contributed by atoms with Gasteiger partial charge in [-0.3, -0.25) is 0 Å². The fourth-order valence-electron chi connectivity index (χ4n) is 4.15. The van der Waals surface area contributed by atoms with Gasteiger partial charge in [0.25, 0.3) is 0 Å². The van der Waals surface area contributed by atoms with Crippen molar-refractivity contribution in [1.82, 2.24) is 10.2 Å². The van der Waals surface area contributed by atoms with Gasteiger partial charge in [-0.1, -0.05) is 13.0 Å². The van der Waals surface area contributed by atoms with Crippen molar-refractivity contribution in [2.75, 3.05) is 25.0 Å². The SMILES string of the molecule is C=C(c1ccc(F)c(F)c1Nc1ccc(I)cc1F)N1CC(O)([C@H]2CCCCN2)C1. The van der Waals surface area contributed by atoms with Crippen LogP contribution in [0.1, 0.15) is 24.8 Å². The number of halogens is 4. The molecule has 160 valence electrons. The Kier molecular flexibility index (Phi) is 6.00. The molecular weight excluding hydrogens is 506 g/mol. The number of rotatable bonds is 5. The third kappa shape index (κ3) is 4.04. The van der Waals surface area contributed by atoms with Crippen LogP contribution in [0, 0.1) is 21.0 Å². The average molecular weight is 529 g/mol. The molecule has 0 amide bonds. The van der Waals surface area contributed by atoms with E-state index in [0.717, 1.165) is 31.9 Å². The molecule has 2 aliphatic heterocycles. The van der Waals surface area contributed by atoms with Gasteiger partial charge in [0.15, 0.2) is 11.6 Å². The molecule has 2 heterocycles. The predicted molar refractivity (Wildman–Crippen MR) is 120 cm³/mol. The van der Waals surface area contributed by atoms with Gasteiger partial charge in [0.2, 0.25) is 0 Å². The van der Waals surface area contributed by atoms with Crippen molar-refractivity contribution in [3.05, 3.63) is 63.5 Å². The molecule has 4 nitrogen and oxygen atoms in total. The molecule has 2 aliphatic rings. The summed E-state index contributed by atoms with van der Waals surface area (Å²) in [6, 6.07) is 6.92. The van der Waals surface area contributed by atoms with Crippen LogP contribution in [-0.2, 0) is 0 Å². The number of likely N-dealkylation sites (tertiary alicyclic amines) is 1. The van der Waals surface area contributed by atoms with E-state index in [1.165, 1.54) is 18.2 Å². The first-order valence-corrected chi connectivity index (χ1v) is 11.0. The second-order valence-electron chi connectivity index (χ2n) is 7.94. The van der Waals surface area contributed by atoms with Crippen LogP contribution in [-0.4, -0.2) is 41.3 Å². The molecule has 0 unspecified atom stereocenters. The zero-order chi connectivity index (χ0) is 21.5. The van der Waals surface area contributed by atoms with Gasteiger partial charge in [-0.05, 0) is 72.3 Å². The van der Waals surface area contributed by atoms with Gasteiger partial charge in [0.05, 0.1) is 24.5 Å². The average Bonchev–Trinajstić information content (AvgIpc) is 2.71. The molecule has 8 heteroatoms. The van der Waals surface area contributed by atoms with Crippen molar-refractivity contribution in [2.45, 2.75) is 30.9 Å². The van der Waals surface area contributed by atoms with Crippen LogP contribution in [0.15, 0.2) is 36.9 Å². The third-order valence-electron chi connectivity index (χ3n) is 5.87. The molecule has 2 saturated heterocycles. The summed E-state index contributed by atoms with van der Waals surface area (Å²) in [4.78, 5) is 1.83. The molecule has 0 radical (unpaired) electrons. The van der Waals surface area contributed by atoms with Gasteiger partial charge in [-0.2, -0.15) is 0 Å². The number of piperidine rings is 1. The van der Waals surface area contributed by atoms with E-state index in [0.29, 0.717) is 27.9 Å². The van der Waals surface area contributed by atoms with Crippen molar-refractivity contribution in [2.24, 2.45) is 0 Å². The summed E-state index contributed by atoms with van der Waals surface area (Å²) in [6.45, 7) is 5.61. The van der Waals surface area contributed by atoms with Crippen LogP contribution in [0.5, 0.6) is 0 Å². The summed E-state index contributed by atoms with van der Waals surface area (Å²) in [5.41, 5.74) is -0.238. The van der Waals surface area contributed by atoms with Gasteiger partial charge in [0, 0.05) is 20.9 Å². The Balaban J connectivity index is 1.57. The molecule has 0 bridgehead atoms. The van der Waals surface area contributed by atoms with E-state index < -0.39 is 23.1 Å². The zero-order valence-electron chi connectivity index (χ0n) is 16.3. The molecule has 2 aromatic carbocycles. The summed E-state index contributed by atoms with van der Waals surface area (Å²) >= 11 is 1.97. The van der Waals surface area contributed by atoms with E-state index in [4.69, 9.17) is 0 Å². The fraction of sp³-hybridized carbons (Fsp3) is 0.364. The Hall–Kier alpha value is -1.78. The highest BCUT2D eigenvalue weighted by atomic mass is 127. The van der Waals surface area contributed by atoms with Gasteiger partial charge < -0.3 is 20.6 Å².